The molecule has 0 spiro atoms. The highest BCUT2D eigenvalue weighted by molar-refractivity contribution is 4.99. The highest BCUT2D eigenvalue weighted by Crippen LogP contribution is 2.25. The Bertz CT molecular complexity index is 252. The summed E-state index contributed by atoms with van der Waals surface area (Å²) in [6.45, 7) is 17.1. The van der Waals surface area contributed by atoms with Crippen molar-refractivity contribution >= 4 is 0 Å². The third-order valence-electron chi connectivity index (χ3n) is 4.34. The second kappa shape index (κ2) is 13.0. The molecule has 0 bridgehead atoms. The summed E-state index contributed by atoms with van der Waals surface area (Å²) in [5.74, 6) is 2.67. The minimum Gasteiger partial charge on any atom is -0.467 e. The number of unbranched alkanes of at least 4 members (excludes halogenated alkanes) is 6. The second-order valence-electron chi connectivity index (χ2n) is 6.54. The Morgan fingerprint density at radius 1 is 0.714 bits per heavy atom. The van der Waals surface area contributed by atoms with Crippen LogP contribution in [-0.4, -0.2) is 0 Å². The molecule has 1 heteroatoms. The van der Waals surface area contributed by atoms with Crippen LogP contribution in [0.1, 0.15) is 91.9 Å². The molecule has 0 saturated carbocycles. The molecule has 2 atom stereocenters. The van der Waals surface area contributed by atoms with Gasteiger partial charge in [-0.1, -0.05) is 92.2 Å². The summed E-state index contributed by atoms with van der Waals surface area (Å²) in [4.78, 5) is 0. The predicted octanol–water partition coefficient (Wildman–Crippen LogP) is 7.24. The molecule has 124 valence electrons. The summed E-state index contributed by atoms with van der Waals surface area (Å²) < 4.78 is 5.90. The highest BCUT2D eigenvalue weighted by atomic mass is 16.5. The standard InChI is InChI=1S/C20H38O/c1-7-9-11-13-15-17(3)19(5)21-20(6)18(4)16-14-12-10-8-2/h17-18H,5-16H2,1-4H3. The topological polar surface area (TPSA) is 9.23 Å². The van der Waals surface area contributed by atoms with Crippen LogP contribution < -0.4 is 0 Å². The van der Waals surface area contributed by atoms with Crippen molar-refractivity contribution in [2.24, 2.45) is 11.8 Å². The van der Waals surface area contributed by atoms with Crippen molar-refractivity contribution in [3.8, 4) is 0 Å². The Labute approximate surface area is 133 Å². The van der Waals surface area contributed by atoms with E-state index in [0.717, 1.165) is 11.5 Å². The lowest BCUT2D eigenvalue weighted by atomic mass is 9.99. The molecule has 0 rings (SSSR count). The van der Waals surface area contributed by atoms with Gasteiger partial charge >= 0.3 is 0 Å². The fraction of sp³-hybridized carbons (Fsp3) is 0.800. The summed E-state index contributed by atoms with van der Waals surface area (Å²) in [5.41, 5.74) is 0. The van der Waals surface area contributed by atoms with Gasteiger partial charge in [-0.05, 0) is 12.8 Å². The first-order chi connectivity index (χ1) is 10.0. The molecule has 0 aliphatic carbocycles. The van der Waals surface area contributed by atoms with Crippen LogP contribution in [0.5, 0.6) is 0 Å². The fourth-order valence-corrected chi connectivity index (χ4v) is 2.45. The van der Waals surface area contributed by atoms with Gasteiger partial charge in [0, 0.05) is 11.8 Å². The Kier molecular flexibility index (Phi) is 12.5. The minimum atomic E-state index is 0.436. The van der Waals surface area contributed by atoms with Crippen molar-refractivity contribution in [3.63, 3.8) is 0 Å². The SMILES string of the molecule is C=C(OC(=C)C(C)CCCCCC)C(C)CCCCCC. The van der Waals surface area contributed by atoms with Crippen molar-refractivity contribution in [3.05, 3.63) is 24.7 Å². The molecule has 0 N–H and O–H groups in total. The van der Waals surface area contributed by atoms with Crippen LogP contribution >= 0.6 is 0 Å². The first kappa shape index (κ1) is 20.3. The minimum absolute atomic E-state index is 0.436. The van der Waals surface area contributed by atoms with Gasteiger partial charge in [0.25, 0.3) is 0 Å². The van der Waals surface area contributed by atoms with Crippen LogP contribution in [-0.2, 0) is 4.74 Å². The van der Waals surface area contributed by atoms with E-state index < -0.39 is 0 Å². The summed E-state index contributed by atoms with van der Waals surface area (Å²) in [7, 11) is 0. The van der Waals surface area contributed by atoms with Gasteiger partial charge < -0.3 is 4.74 Å². The molecule has 0 heterocycles. The lowest BCUT2D eigenvalue weighted by molar-refractivity contribution is 0.218. The molecule has 0 saturated heterocycles. The lowest BCUT2D eigenvalue weighted by Crippen LogP contribution is -2.07. The van der Waals surface area contributed by atoms with Crippen LogP contribution in [0.4, 0.5) is 0 Å². The van der Waals surface area contributed by atoms with E-state index in [9.17, 15) is 0 Å². The first-order valence-electron chi connectivity index (χ1n) is 9.08. The molecular formula is C20H38O. The van der Waals surface area contributed by atoms with E-state index in [2.05, 4.69) is 40.9 Å². The number of hydrogen-bond acceptors (Lipinski definition) is 1. The zero-order chi connectivity index (χ0) is 16.1. The van der Waals surface area contributed by atoms with E-state index >= 15 is 0 Å². The van der Waals surface area contributed by atoms with E-state index in [-0.39, 0.29) is 0 Å². The van der Waals surface area contributed by atoms with Gasteiger partial charge in [0.1, 0.15) is 0 Å². The van der Waals surface area contributed by atoms with E-state index in [0.29, 0.717) is 11.8 Å². The average Bonchev–Trinajstić information content (AvgIpc) is 2.47. The molecule has 2 unspecified atom stereocenters. The molecular weight excluding hydrogens is 256 g/mol. The van der Waals surface area contributed by atoms with Gasteiger partial charge in [0.15, 0.2) is 0 Å². The maximum atomic E-state index is 5.90. The summed E-state index contributed by atoms with van der Waals surface area (Å²) in [6, 6.07) is 0. The smallest absolute Gasteiger partial charge is 0.0992 e. The number of allylic oxidation sites excluding steroid dienone is 2. The van der Waals surface area contributed by atoms with E-state index in [1.165, 1.54) is 64.2 Å². The molecule has 0 aliphatic heterocycles. The first-order valence-corrected chi connectivity index (χ1v) is 9.08. The fourth-order valence-electron chi connectivity index (χ4n) is 2.45. The van der Waals surface area contributed by atoms with Crippen LogP contribution in [0.2, 0.25) is 0 Å². The zero-order valence-corrected chi connectivity index (χ0v) is 15.0. The third-order valence-corrected chi connectivity index (χ3v) is 4.34. The van der Waals surface area contributed by atoms with Gasteiger partial charge in [-0.25, -0.2) is 0 Å². The van der Waals surface area contributed by atoms with Gasteiger partial charge in [-0.3, -0.25) is 0 Å². The second-order valence-corrected chi connectivity index (χ2v) is 6.54. The van der Waals surface area contributed by atoms with E-state index in [4.69, 9.17) is 4.74 Å². The molecule has 0 aliphatic rings. The third kappa shape index (κ3) is 10.6. The molecule has 0 aromatic heterocycles. The summed E-state index contributed by atoms with van der Waals surface area (Å²) >= 11 is 0. The van der Waals surface area contributed by atoms with Crippen molar-refractivity contribution in [2.45, 2.75) is 91.9 Å². The van der Waals surface area contributed by atoms with Crippen LogP contribution in [0.3, 0.4) is 0 Å². The molecule has 0 radical (unpaired) electrons. The summed E-state index contributed by atoms with van der Waals surface area (Å²) in [5, 5.41) is 0. The van der Waals surface area contributed by atoms with Crippen LogP contribution in [0, 0.1) is 11.8 Å². The Morgan fingerprint density at radius 2 is 1.10 bits per heavy atom. The van der Waals surface area contributed by atoms with Crippen molar-refractivity contribution in [1.29, 1.82) is 0 Å². The van der Waals surface area contributed by atoms with Gasteiger partial charge in [0.05, 0.1) is 11.5 Å². The Balaban J connectivity index is 3.87. The van der Waals surface area contributed by atoms with Gasteiger partial charge in [-0.2, -0.15) is 0 Å². The molecule has 1 nitrogen and oxygen atoms in total. The van der Waals surface area contributed by atoms with Crippen LogP contribution in [0.15, 0.2) is 24.7 Å². The monoisotopic (exact) mass is 294 g/mol. The zero-order valence-electron chi connectivity index (χ0n) is 15.0. The normalized spacial score (nSPS) is 13.7. The molecule has 0 aromatic rings. The van der Waals surface area contributed by atoms with Gasteiger partial charge in [0.2, 0.25) is 0 Å². The summed E-state index contributed by atoms with van der Waals surface area (Å²) in [6.07, 6.45) is 12.8. The van der Waals surface area contributed by atoms with Gasteiger partial charge in [-0.15, -0.1) is 0 Å². The number of rotatable bonds is 14. The van der Waals surface area contributed by atoms with Crippen molar-refractivity contribution in [2.75, 3.05) is 0 Å². The number of hydrogen-bond donors (Lipinski definition) is 0. The molecule has 21 heavy (non-hydrogen) atoms. The lowest BCUT2D eigenvalue weighted by Gasteiger charge is -2.20. The number of ether oxygens (including phenoxy) is 1. The molecule has 0 amide bonds. The molecule has 0 aromatic carbocycles. The quantitative estimate of drug-likeness (QED) is 0.242. The van der Waals surface area contributed by atoms with Crippen molar-refractivity contribution in [1.82, 2.24) is 0 Å². The van der Waals surface area contributed by atoms with E-state index in [1.54, 1.807) is 0 Å². The Morgan fingerprint density at radius 3 is 1.43 bits per heavy atom. The van der Waals surface area contributed by atoms with Crippen LogP contribution in [0.25, 0.3) is 0 Å². The average molecular weight is 295 g/mol. The highest BCUT2D eigenvalue weighted by Gasteiger charge is 2.13. The molecule has 0 fully saturated rings. The predicted molar refractivity (Wildman–Crippen MR) is 95.2 cm³/mol. The Hall–Kier alpha value is -0.720. The maximum Gasteiger partial charge on any atom is 0.0992 e. The van der Waals surface area contributed by atoms with E-state index in [1.807, 2.05) is 0 Å². The van der Waals surface area contributed by atoms with Crippen molar-refractivity contribution < 1.29 is 4.74 Å². The maximum absolute atomic E-state index is 5.90. The largest absolute Gasteiger partial charge is 0.467 e.